The van der Waals surface area contributed by atoms with E-state index in [0.717, 1.165) is 13.0 Å². The van der Waals surface area contributed by atoms with Crippen molar-refractivity contribution in [3.05, 3.63) is 5.82 Å². The Balaban J connectivity index is 3.07. The second-order valence-electron chi connectivity index (χ2n) is 5.18. The van der Waals surface area contributed by atoms with Crippen molar-refractivity contribution in [3.8, 4) is 12.0 Å². The fourth-order valence-electron chi connectivity index (χ4n) is 2.28. The molecule has 20 heavy (non-hydrogen) atoms. The number of methoxy groups -OCH3 is 2. The van der Waals surface area contributed by atoms with Crippen LogP contribution < -0.4 is 14.8 Å². The van der Waals surface area contributed by atoms with Gasteiger partial charge >= 0.3 is 12.0 Å². The van der Waals surface area contributed by atoms with Crippen molar-refractivity contribution in [1.82, 2.24) is 20.3 Å². The summed E-state index contributed by atoms with van der Waals surface area (Å²) in [6, 6.07) is 0.854. The van der Waals surface area contributed by atoms with E-state index in [1.165, 1.54) is 0 Å². The van der Waals surface area contributed by atoms with Gasteiger partial charge in [-0.3, -0.25) is 0 Å². The van der Waals surface area contributed by atoms with E-state index in [1.807, 2.05) is 0 Å². The van der Waals surface area contributed by atoms with Crippen LogP contribution in [0.5, 0.6) is 12.0 Å². The molecule has 6 nitrogen and oxygen atoms in total. The number of ether oxygens (including phenoxy) is 2. The quantitative estimate of drug-likeness (QED) is 0.786. The van der Waals surface area contributed by atoms with Crippen LogP contribution >= 0.6 is 0 Å². The summed E-state index contributed by atoms with van der Waals surface area (Å²) in [5, 5.41) is 3.51. The maximum absolute atomic E-state index is 5.13. The Labute approximate surface area is 121 Å². The molecule has 0 spiro atoms. The largest absolute Gasteiger partial charge is 0.467 e. The fourth-order valence-corrected chi connectivity index (χ4v) is 2.28. The summed E-state index contributed by atoms with van der Waals surface area (Å²) >= 11 is 0. The van der Waals surface area contributed by atoms with Crippen molar-refractivity contribution in [2.45, 2.75) is 46.1 Å². The van der Waals surface area contributed by atoms with Gasteiger partial charge in [-0.15, -0.1) is 4.98 Å². The summed E-state index contributed by atoms with van der Waals surface area (Å²) in [4.78, 5) is 12.8. The van der Waals surface area contributed by atoms with Crippen LogP contribution in [0.1, 0.15) is 45.9 Å². The van der Waals surface area contributed by atoms with Crippen LogP contribution in [0.4, 0.5) is 0 Å². The highest BCUT2D eigenvalue weighted by Gasteiger charge is 2.26. The number of nitrogens with one attached hydrogen (secondary N) is 1. The van der Waals surface area contributed by atoms with E-state index in [9.17, 15) is 0 Å². The van der Waals surface area contributed by atoms with Gasteiger partial charge in [-0.2, -0.15) is 9.97 Å². The third-order valence-corrected chi connectivity index (χ3v) is 3.25. The van der Waals surface area contributed by atoms with Gasteiger partial charge in [0.2, 0.25) is 0 Å². The van der Waals surface area contributed by atoms with Gasteiger partial charge in [0.25, 0.3) is 0 Å². The van der Waals surface area contributed by atoms with Gasteiger partial charge in [0.1, 0.15) is 5.82 Å². The van der Waals surface area contributed by atoms with E-state index in [1.54, 1.807) is 14.2 Å². The summed E-state index contributed by atoms with van der Waals surface area (Å²) < 4.78 is 10.3. The Morgan fingerprint density at radius 2 is 1.55 bits per heavy atom. The first-order valence-electron chi connectivity index (χ1n) is 7.10. The Morgan fingerprint density at radius 3 is 1.95 bits per heavy atom. The Morgan fingerprint density at radius 1 is 1.00 bits per heavy atom. The average molecular weight is 282 g/mol. The molecule has 0 aliphatic rings. The van der Waals surface area contributed by atoms with Crippen LogP contribution in [0.25, 0.3) is 0 Å². The molecule has 6 heteroatoms. The van der Waals surface area contributed by atoms with Crippen molar-refractivity contribution in [3.63, 3.8) is 0 Å². The second kappa shape index (κ2) is 7.99. The first-order chi connectivity index (χ1) is 9.53. The van der Waals surface area contributed by atoms with Gasteiger partial charge in [-0.05, 0) is 25.8 Å². The monoisotopic (exact) mass is 282 g/mol. The highest BCUT2D eigenvalue weighted by atomic mass is 16.5. The zero-order valence-electron chi connectivity index (χ0n) is 13.3. The minimum atomic E-state index is 0.173. The molecule has 0 amide bonds. The van der Waals surface area contributed by atoms with E-state index in [-0.39, 0.29) is 12.0 Å². The predicted octanol–water partition coefficient (Wildman–Crippen LogP) is 2.02. The molecule has 1 heterocycles. The lowest BCUT2D eigenvalue weighted by molar-refractivity contribution is 0.315. The topological polar surface area (TPSA) is 69.2 Å². The van der Waals surface area contributed by atoms with Gasteiger partial charge in [0.15, 0.2) is 0 Å². The maximum Gasteiger partial charge on any atom is 0.322 e. The van der Waals surface area contributed by atoms with Gasteiger partial charge in [-0.25, -0.2) is 0 Å². The van der Waals surface area contributed by atoms with E-state index >= 15 is 0 Å². The molecule has 1 N–H and O–H groups in total. The lowest BCUT2D eigenvalue weighted by Gasteiger charge is -2.27. The van der Waals surface area contributed by atoms with Crippen LogP contribution in [0.15, 0.2) is 0 Å². The van der Waals surface area contributed by atoms with Crippen LogP contribution in [0.3, 0.4) is 0 Å². The SMILES string of the molecule is CCCNC(C)C(c1nc(OC)nc(OC)n1)C(C)C. The van der Waals surface area contributed by atoms with E-state index in [4.69, 9.17) is 9.47 Å². The highest BCUT2D eigenvalue weighted by molar-refractivity contribution is 5.11. The van der Waals surface area contributed by atoms with Crippen molar-refractivity contribution in [2.24, 2.45) is 5.92 Å². The number of rotatable bonds is 8. The van der Waals surface area contributed by atoms with Crippen molar-refractivity contribution >= 4 is 0 Å². The first kappa shape index (κ1) is 16.6. The number of hydrogen-bond acceptors (Lipinski definition) is 6. The molecule has 0 saturated heterocycles. The zero-order valence-corrected chi connectivity index (χ0v) is 13.3. The smallest absolute Gasteiger partial charge is 0.322 e. The molecular formula is C14H26N4O2. The molecule has 0 aliphatic heterocycles. The summed E-state index contributed by atoms with van der Waals surface area (Å²) in [6.07, 6.45) is 1.10. The predicted molar refractivity (Wildman–Crippen MR) is 78.3 cm³/mol. The van der Waals surface area contributed by atoms with Gasteiger partial charge in [-0.1, -0.05) is 20.8 Å². The maximum atomic E-state index is 5.13. The van der Waals surface area contributed by atoms with Gasteiger partial charge < -0.3 is 14.8 Å². The molecule has 0 aromatic carbocycles. The second-order valence-corrected chi connectivity index (χ2v) is 5.18. The van der Waals surface area contributed by atoms with Crippen LogP contribution in [0, 0.1) is 5.92 Å². The van der Waals surface area contributed by atoms with Crippen LogP contribution in [-0.4, -0.2) is 41.8 Å². The molecule has 0 fully saturated rings. The first-order valence-corrected chi connectivity index (χ1v) is 7.10. The third-order valence-electron chi connectivity index (χ3n) is 3.25. The molecule has 2 atom stereocenters. The van der Waals surface area contributed by atoms with Gasteiger partial charge in [0, 0.05) is 12.0 Å². The normalized spacial score (nSPS) is 14.2. The number of nitrogens with zero attached hydrogens (tertiary/aromatic N) is 3. The molecule has 2 unspecified atom stereocenters. The summed E-state index contributed by atoms with van der Waals surface area (Å²) in [7, 11) is 3.09. The summed E-state index contributed by atoms with van der Waals surface area (Å²) in [5.41, 5.74) is 0. The number of hydrogen-bond donors (Lipinski definition) is 1. The highest BCUT2D eigenvalue weighted by Crippen LogP contribution is 2.27. The molecule has 0 saturated carbocycles. The summed E-state index contributed by atoms with van der Waals surface area (Å²) in [6.45, 7) is 9.61. The molecular weight excluding hydrogens is 256 g/mol. The van der Waals surface area contributed by atoms with Crippen LogP contribution in [-0.2, 0) is 0 Å². The molecule has 1 aromatic heterocycles. The molecule has 1 aromatic rings. The molecule has 0 radical (unpaired) electrons. The van der Waals surface area contributed by atoms with Crippen LogP contribution in [0.2, 0.25) is 0 Å². The third kappa shape index (κ3) is 4.30. The van der Waals surface area contributed by atoms with Crippen molar-refractivity contribution in [2.75, 3.05) is 20.8 Å². The lowest BCUT2D eigenvalue weighted by atomic mass is 9.88. The molecule has 1 rings (SSSR count). The lowest BCUT2D eigenvalue weighted by Crippen LogP contribution is -2.36. The van der Waals surface area contributed by atoms with Crippen molar-refractivity contribution < 1.29 is 9.47 Å². The average Bonchev–Trinajstić information content (AvgIpc) is 2.44. The standard InChI is InChI=1S/C14H26N4O2/c1-7-8-15-10(4)11(9(2)3)12-16-13(19-5)18-14(17-12)20-6/h9-11,15H,7-8H2,1-6H3. The Hall–Kier alpha value is -1.43. The summed E-state index contributed by atoms with van der Waals surface area (Å²) in [5.74, 6) is 1.28. The number of aromatic nitrogens is 3. The van der Waals surface area contributed by atoms with Gasteiger partial charge in [0.05, 0.1) is 14.2 Å². The Kier molecular flexibility index (Phi) is 6.64. The van der Waals surface area contributed by atoms with Crippen molar-refractivity contribution in [1.29, 1.82) is 0 Å². The Bertz CT molecular complexity index is 390. The van der Waals surface area contributed by atoms with E-state index in [2.05, 4.69) is 48.0 Å². The fraction of sp³-hybridized carbons (Fsp3) is 0.786. The van der Waals surface area contributed by atoms with E-state index in [0.29, 0.717) is 23.8 Å². The minimum absolute atomic E-state index is 0.173. The molecule has 114 valence electrons. The minimum Gasteiger partial charge on any atom is -0.467 e. The van der Waals surface area contributed by atoms with E-state index < -0.39 is 0 Å². The zero-order chi connectivity index (χ0) is 15.1. The molecule has 0 bridgehead atoms. The molecule has 0 aliphatic carbocycles.